The lowest BCUT2D eigenvalue weighted by atomic mass is 10.2. The molecule has 0 bridgehead atoms. The van der Waals surface area contributed by atoms with Gasteiger partial charge in [-0.25, -0.2) is 9.55 Å². The van der Waals surface area contributed by atoms with Crippen LogP contribution in [0.25, 0.3) is 11.3 Å². The van der Waals surface area contributed by atoms with Crippen LogP contribution in [0.5, 0.6) is 0 Å². The Kier molecular flexibility index (Phi) is 2.77. The van der Waals surface area contributed by atoms with Crippen LogP contribution in [0.2, 0.25) is 0 Å². The molecule has 0 spiro atoms. The van der Waals surface area contributed by atoms with Crippen molar-refractivity contribution >= 4 is 22.6 Å². The molecule has 3 heteroatoms. The summed E-state index contributed by atoms with van der Waals surface area (Å²) in [6.45, 7) is 0. The van der Waals surface area contributed by atoms with E-state index in [1.165, 1.54) is 11.3 Å². The molecule has 0 N–H and O–H groups in total. The molecule has 0 radical (unpaired) electrons. The zero-order valence-corrected chi connectivity index (χ0v) is 9.97. The first-order valence-corrected chi connectivity index (χ1v) is 5.42. The van der Waals surface area contributed by atoms with Gasteiger partial charge in [-0.1, -0.05) is 0 Å². The van der Waals surface area contributed by atoms with Gasteiger partial charge in [-0.2, -0.15) is 0 Å². The van der Waals surface area contributed by atoms with Crippen molar-refractivity contribution in [3.05, 3.63) is 46.4 Å². The Morgan fingerprint density at radius 1 is 1.21 bits per heavy atom. The van der Waals surface area contributed by atoms with Crippen molar-refractivity contribution in [3.8, 4) is 11.3 Å². The molecule has 2 aromatic heterocycles. The van der Waals surface area contributed by atoms with Crippen LogP contribution >= 0.6 is 22.6 Å². The van der Waals surface area contributed by atoms with Crippen LogP contribution in [0, 0.1) is 3.70 Å². The third-order valence-electron chi connectivity index (χ3n) is 2.09. The van der Waals surface area contributed by atoms with E-state index >= 15 is 0 Å². The molecule has 0 saturated carbocycles. The second-order valence-corrected chi connectivity index (χ2v) is 4.06. The molecule has 14 heavy (non-hydrogen) atoms. The highest BCUT2D eigenvalue weighted by Crippen LogP contribution is 2.19. The fraction of sp³-hybridized carbons (Fsp3) is 0.0909. The van der Waals surface area contributed by atoms with Crippen molar-refractivity contribution in [1.82, 2.24) is 4.98 Å². The first-order valence-electron chi connectivity index (χ1n) is 4.34. The molecule has 0 amide bonds. The second-order valence-electron chi connectivity index (χ2n) is 3.04. The molecular weight excluding hydrogens is 287 g/mol. The second kappa shape index (κ2) is 4.04. The summed E-state index contributed by atoms with van der Waals surface area (Å²) in [5.74, 6) is 0. The van der Waals surface area contributed by atoms with Crippen LogP contribution in [0.4, 0.5) is 0 Å². The van der Waals surface area contributed by atoms with Gasteiger partial charge in [-0.15, -0.1) is 0 Å². The van der Waals surface area contributed by atoms with E-state index in [0.717, 1.165) is 3.70 Å². The molecule has 2 heterocycles. The van der Waals surface area contributed by atoms with Crippen molar-refractivity contribution in [2.24, 2.45) is 7.05 Å². The fourth-order valence-electron chi connectivity index (χ4n) is 1.38. The molecule has 0 saturated heterocycles. The number of hydrogen-bond acceptors (Lipinski definition) is 1. The summed E-state index contributed by atoms with van der Waals surface area (Å²) >= 11 is 2.26. The smallest absolute Gasteiger partial charge is 0.214 e. The molecule has 2 nitrogen and oxygen atoms in total. The Bertz CT molecular complexity index is 411. The first kappa shape index (κ1) is 9.58. The summed E-state index contributed by atoms with van der Waals surface area (Å²) in [5.41, 5.74) is 2.36. The molecular formula is C11H10IN2+. The Morgan fingerprint density at radius 3 is 2.79 bits per heavy atom. The van der Waals surface area contributed by atoms with Gasteiger partial charge >= 0.3 is 0 Å². The van der Waals surface area contributed by atoms with Gasteiger partial charge in [-0.3, -0.25) is 0 Å². The van der Waals surface area contributed by atoms with Gasteiger partial charge in [0.15, 0.2) is 6.20 Å². The van der Waals surface area contributed by atoms with Crippen LogP contribution in [0.3, 0.4) is 0 Å². The number of aryl methyl sites for hydroxylation is 1. The van der Waals surface area contributed by atoms with Crippen molar-refractivity contribution < 1.29 is 4.57 Å². The van der Waals surface area contributed by atoms with E-state index in [2.05, 4.69) is 44.3 Å². The van der Waals surface area contributed by atoms with Crippen molar-refractivity contribution in [2.75, 3.05) is 0 Å². The number of aromatic nitrogens is 2. The normalized spacial score (nSPS) is 10.1. The van der Waals surface area contributed by atoms with Gasteiger partial charge in [0.25, 0.3) is 0 Å². The van der Waals surface area contributed by atoms with Crippen LogP contribution in [0.15, 0.2) is 42.7 Å². The zero-order valence-electron chi connectivity index (χ0n) is 7.81. The van der Waals surface area contributed by atoms with Crippen LogP contribution in [-0.4, -0.2) is 4.98 Å². The largest absolute Gasteiger partial charge is 0.249 e. The number of hydrogen-bond donors (Lipinski definition) is 0. The van der Waals surface area contributed by atoms with E-state index in [-0.39, 0.29) is 0 Å². The van der Waals surface area contributed by atoms with E-state index in [4.69, 9.17) is 0 Å². The maximum Gasteiger partial charge on any atom is 0.214 e. The van der Waals surface area contributed by atoms with Gasteiger partial charge in [-0.05, 0) is 40.8 Å². The molecule has 0 aliphatic carbocycles. The maximum absolute atomic E-state index is 4.27. The predicted molar refractivity (Wildman–Crippen MR) is 63.6 cm³/mol. The average Bonchev–Trinajstić information content (AvgIpc) is 2.20. The number of rotatable bonds is 1. The van der Waals surface area contributed by atoms with Crippen LogP contribution in [-0.2, 0) is 7.05 Å². The average molecular weight is 297 g/mol. The summed E-state index contributed by atoms with van der Waals surface area (Å²) in [5, 5.41) is 0. The van der Waals surface area contributed by atoms with Gasteiger partial charge in [0, 0.05) is 18.3 Å². The Balaban J connectivity index is 2.61. The molecule has 0 aliphatic heterocycles. The molecule has 0 unspecified atom stereocenters. The lowest BCUT2D eigenvalue weighted by Crippen LogP contribution is -2.30. The predicted octanol–water partition coefficient (Wildman–Crippen LogP) is 2.18. The Hall–Kier alpha value is -0.970. The lowest BCUT2D eigenvalue weighted by molar-refractivity contribution is -0.660. The maximum atomic E-state index is 4.27. The van der Waals surface area contributed by atoms with Crippen molar-refractivity contribution in [2.45, 2.75) is 0 Å². The SMILES string of the molecule is C[n+]1ccccc1-c1cccnc1I. The third-order valence-corrected chi connectivity index (χ3v) is 2.95. The van der Waals surface area contributed by atoms with E-state index in [1.807, 2.05) is 37.6 Å². The van der Waals surface area contributed by atoms with E-state index in [9.17, 15) is 0 Å². The number of nitrogens with zero attached hydrogens (tertiary/aromatic N) is 2. The van der Waals surface area contributed by atoms with Crippen LogP contribution in [0.1, 0.15) is 0 Å². The molecule has 70 valence electrons. The van der Waals surface area contributed by atoms with E-state index < -0.39 is 0 Å². The van der Waals surface area contributed by atoms with Gasteiger partial charge < -0.3 is 0 Å². The lowest BCUT2D eigenvalue weighted by Gasteiger charge is -2.00. The summed E-state index contributed by atoms with van der Waals surface area (Å²) in [7, 11) is 2.04. The summed E-state index contributed by atoms with van der Waals surface area (Å²) in [4.78, 5) is 4.27. The minimum Gasteiger partial charge on any atom is -0.249 e. The Morgan fingerprint density at radius 2 is 2.07 bits per heavy atom. The molecule has 0 atom stereocenters. The summed E-state index contributed by atoms with van der Waals surface area (Å²) in [6, 6.07) is 10.2. The zero-order chi connectivity index (χ0) is 9.97. The number of halogens is 1. The molecule has 0 aromatic carbocycles. The minimum atomic E-state index is 1.03. The quantitative estimate of drug-likeness (QED) is 0.448. The van der Waals surface area contributed by atoms with Gasteiger partial charge in [0.1, 0.15) is 10.7 Å². The summed E-state index contributed by atoms with van der Waals surface area (Å²) in [6.07, 6.45) is 3.85. The monoisotopic (exact) mass is 297 g/mol. The van der Waals surface area contributed by atoms with Crippen LogP contribution < -0.4 is 4.57 Å². The van der Waals surface area contributed by atoms with E-state index in [0.29, 0.717) is 0 Å². The van der Waals surface area contributed by atoms with E-state index in [1.54, 1.807) is 0 Å². The topological polar surface area (TPSA) is 16.8 Å². The third kappa shape index (κ3) is 1.77. The Labute approximate surface area is 96.8 Å². The van der Waals surface area contributed by atoms with Gasteiger partial charge in [0.2, 0.25) is 5.69 Å². The van der Waals surface area contributed by atoms with Gasteiger partial charge in [0.05, 0.1) is 5.56 Å². The number of pyridine rings is 2. The highest BCUT2D eigenvalue weighted by molar-refractivity contribution is 14.1. The standard InChI is InChI=1S/C11H10IN2/c1-14-8-3-2-6-10(14)9-5-4-7-13-11(9)12/h2-8H,1H3/q+1. The first-order chi connectivity index (χ1) is 6.79. The molecule has 2 aromatic rings. The highest BCUT2D eigenvalue weighted by atomic mass is 127. The highest BCUT2D eigenvalue weighted by Gasteiger charge is 2.11. The van der Waals surface area contributed by atoms with Crippen molar-refractivity contribution in [1.29, 1.82) is 0 Å². The minimum absolute atomic E-state index is 1.03. The summed E-state index contributed by atoms with van der Waals surface area (Å²) < 4.78 is 3.13. The molecule has 2 rings (SSSR count). The van der Waals surface area contributed by atoms with Crippen molar-refractivity contribution in [3.63, 3.8) is 0 Å². The fourth-order valence-corrected chi connectivity index (χ4v) is 2.00. The molecule has 0 aliphatic rings. The molecule has 0 fully saturated rings.